The van der Waals surface area contributed by atoms with E-state index < -0.39 is 64.8 Å². The number of nitrogens with one attached hydrogen (secondary N) is 1. The van der Waals surface area contributed by atoms with Crippen molar-refractivity contribution in [2.45, 2.75) is 238 Å². The molecule has 5 aliphatic heterocycles. The van der Waals surface area contributed by atoms with E-state index in [1.165, 1.54) is 23.1 Å². The van der Waals surface area contributed by atoms with Crippen molar-refractivity contribution in [3.8, 4) is 0 Å². The summed E-state index contributed by atoms with van der Waals surface area (Å²) in [5.74, 6) is -0.601. The molecule has 3 fully saturated rings. The summed E-state index contributed by atoms with van der Waals surface area (Å²) in [4.78, 5) is 60.0. The minimum atomic E-state index is -5.84. The van der Waals surface area contributed by atoms with Gasteiger partial charge in [0.05, 0.1) is 25.3 Å². The molecular formula is C66H99Br3F6N3NaO17S2Si. The predicted molar refractivity (Wildman–Crippen MR) is 376 cm³/mol. The summed E-state index contributed by atoms with van der Waals surface area (Å²) >= 11 is 10.5. The average Bonchev–Trinajstić information content (AvgIpc) is 1.77. The van der Waals surface area contributed by atoms with Crippen molar-refractivity contribution in [3.05, 3.63) is 101 Å². The zero-order valence-electron chi connectivity index (χ0n) is 59.8. The number of alkyl halides is 3. The number of fused-ring (bicyclic) bond motifs is 2. The molecule has 5 heterocycles. The number of nitrogens with zero attached hydrogens (tertiary/aromatic N) is 2. The van der Waals surface area contributed by atoms with Crippen LogP contribution < -0.4 is 34.9 Å². The first kappa shape index (κ1) is 95.9. The standard InChI is InChI=1S/C18H23BrFNO3.C14H22BrFOSi.C13H15BrFNO.C10H17NO3.C10H18O5.CHF3O3S.Na.H2O.H2S/c1-18(2,3)24-17(22)21-9-4-5-14(21)16-15-11(8-10-23-16)12(19)6-7-13(15)20;1-14(2,3)18(4,5)17-9-8-11-10-12(16)6-7-13(11)15;14-9-3-4-10(15)12-8(9)5-7-17-13(12)11-2-1-6-16-11;1-10(2,3)14-9(13)11-6-4-5-8(11)7-12;1-9(2,3)14-7(11)13-8(12)15-10(4,5)6;2-1(3,4)8(5,6)7;;;/h6-7,14,16H,4-5,8-10H2,1-3H3;6-7,10H,8-9H2,1-5H3;3-4,11,13,16H,1-2,5-7H2;7-8H,4-6H2,1-3H3;1-6H3;(H,5,6,7);;2*1H2/q;;;;;;+1;;/p-1/t14-,16?;;11-,13?;8-;;;;;/m0.00...../s1. The quantitative estimate of drug-likeness (QED) is 0.0325. The number of rotatable bonds is 7. The largest absolute Gasteiger partial charge is 1.00 e. The molecule has 3 aromatic rings. The molecule has 20 nitrogen and oxygen atoms in total. The Morgan fingerprint density at radius 3 is 1.51 bits per heavy atom. The molecule has 8 rings (SSSR count). The van der Waals surface area contributed by atoms with Crippen LogP contribution in [0.25, 0.3) is 0 Å². The maximum atomic E-state index is 14.5. The molecule has 99 heavy (non-hydrogen) atoms. The zero-order chi connectivity index (χ0) is 73.3. The first-order valence-electron chi connectivity index (χ1n) is 31.5. The van der Waals surface area contributed by atoms with E-state index in [-0.39, 0.29) is 107 Å². The van der Waals surface area contributed by atoms with Gasteiger partial charge >= 0.3 is 69.7 Å². The van der Waals surface area contributed by atoms with Gasteiger partial charge in [-0.2, -0.15) is 35.1 Å². The fourth-order valence-corrected chi connectivity index (χ4v) is 12.4. The van der Waals surface area contributed by atoms with Crippen LogP contribution in [0.3, 0.4) is 0 Å². The Labute approximate surface area is 635 Å². The summed E-state index contributed by atoms with van der Waals surface area (Å²) in [5.41, 5.74) is -3.64. The van der Waals surface area contributed by atoms with Crippen LogP contribution >= 0.6 is 61.3 Å². The van der Waals surface area contributed by atoms with E-state index in [9.17, 15) is 50.3 Å². The number of benzene rings is 3. The number of hydrogen-bond donors (Lipinski definition) is 2. The summed E-state index contributed by atoms with van der Waals surface area (Å²) in [6.45, 7) is 36.2. The first-order chi connectivity index (χ1) is 43.9. The maximum absolute atomic E-state index is 14.5. The van der Waals surface area contributed by atoms with E-state index in [0.29, 0.717) is 44.9 Å². The Bertz CT molecular complexity index is 3190. The Morgan fingerprint density at radius 1 is 0.657 bits per heavy atom. The van der Waals surface area contributed by atoms with Crippen molar-refractivity contribution in [2.75, 3.05) is 39.5 Å². The molecule has 33 heteroatoms. The molecule has 0 aliphatic carbocycles. The van der Waals surface area contributed by atoms with E-state index in [2.05, 4.69) is 91.7 Å². The molecule has 0 saturated carbocycles. The number of likely N-dealkylation sites (tertiary alicyclic amines) is 2. The second kappa shape index (κ2) is 41.0. The van der Waals surface area contributed by atoms with E-state index in [1.54, 1.807) is 70.7 Å². The van der Waals surface area contributed by atoms with Gasteiger partial charge in [-0.1, -0.05) is 68.6 Å². The van der Waals surface area contributed by atoms with Crippen LogP contribution in [0.1, 0.15) is 182 Å². The monoisotopic (exact) mass is 1670 g/mol. The number of amides is 2. The van der Waals surface area contributed by atoms with Gasteiger partial charge in [-0.15, -0.1) is 0 Å². The van der Waals surface area contributed by atoms with E-state index in [1.807, 2.05) is 41.5 Å². The molecule has 560 valence electrons. The molecule has 3 aromatic carbocycles. The summed E-state index contributed by atoms with van der Waals surface area (Å²) in [7, 11) is -7.54. The van der Waals surface area contributed by atoms with Gasteiger partial charge in [0.15, 0.2) is 8.32 Å². The second-order valence-corrected chi connectivity index (χ2v) is 37.4. The topological polar surface area (TPSA) is 262 Å². The number of ether oxygens (including phenoxy) is 7. The molecule has 0 bridgehead atoms. The van der Waals surface area contributed by atoms with Crippen LogP contribution in [0.4, 0.5) is 45.5 Å². The van der Waals surface area contributed by atoms with Gasteiger partial charge in [0.1, 0.15) is 58.3 Å². The van der Waals surface area contributed by atoms with E-state index in [0.717, 1.165) is 99.9 Å². The first-order valence-corrected chi connectivity index (χ1v) is 38.2. The fraction of sp³-hybridized carbons (Fsp3) is 0.652. The van der Waals surface area contributed by atoms with Crippen LogP contribution in [0.5, 0.6) is 0 Å². The third-order valence-corrected chi connectivity index (χ3v) is 22.5. The number of hydrogen-bond acceptors (Lipinski definition) is 17. The summed E-state index contributed by atoms with van der Waals surface area (Å²) < 4.78 is 144. The number of halogens is 9. The van der Waals surface area contributed by atoms with Gasteiger partial charge in [-0.25, -0.2) is 32.3 Å². The smallest absolute Gasteiger partial charge is 0.870 e. The molecule has 2 unspecified atom stereocenters. The Balaban J connectivity index is 0.00000118. The van der Waals surface area contributed by atoms with Crippen LogP contribution in [0.2, 0.25) is 18.1 Å². The number of carbonyl (C=O) groups excluding carboxylic acids is 5. The molecule has 5 atom stereocenters. The molecule has 3 N–H and O–H groups in total. The van der Waals surface area contributed by atoms with Gasteiger partial charge < -0.3 is 58.1 Å². The third-order valence-electron chi connectivity index (χ3n) is 15.1. The summed E-state index contributed by atoms with van der Waals surface area (Å²) in [6, 6.07) is 11.1. The van der Waals surface area contributed by atoms with Crippen molar-refractivity contribution in [1.82, 2.24) is 15.1 Å². The average molecular weight is 1680 g/mol. The zero-order valence-corrected chi connectivity index (χ0v) is 69.4. The molecular weight excluding hydrogens is 1580 g/mol. The second-order valence-electron chi connectivity index (χ2n) is 28.6. The van der Waals surface area contributed by atoms with Crippen LogP contribution in [0.15, 0.2) is 55.9 Å². The molecule has 2 amide bonds. The molecule has 3 saturated heterocycles. The van der Waals surface area contributed by atoms with Gasteiger partial charge in [0.2, 0.25) is 0 Å². The fourth-order valence-electron chi connectivity index (χ4n) is 9.79. The Kier molecular flexibility index (Phi) is 39.7. The van der Waals surface area contributed by atoms with Crippen molar-refractivity contribution in [2.24, 2.45) is 0 Å². The summed E-state index contributed by atoms with van der Waals surface area (Å²) in [5, 5.41) is 3.62. The van der Waals surface area contributed by atoms with Gasteiger partial charge in [0, 0.05) is 50.3 Å². The number of aldehydes is 1. The Morgan fingerprint density at radius 2 is 1.08 bits per heavy atom. The minimum Gasteiger partial charge on any atom is -0.870 e. The minimum absolute atomic E-state index is 0. The van der Waals surface area contributed by atoms with Crippen molar-refractivity contribution in [3.63, 3.8) is 0 Å². The molecule has 0 radical (unpaired) electrons. The molecule has 5 aliphatic rings. The number of carbonyl (C=O) groups is 5. The van der Waals surface area contributed by atoms with Gasteiger partial charge in [-0.05, 0) is 225 Å². The summed E-state index contributed by atoms with van der Waals surface area (Å²) in [6.07, 6.45) is 5.10. The maximum Gasteiger partial charge on any atom is 1.00 e. The Hall–Kier alpha value is -3.09. The van der Waals surface area contributed by atoms with E-state index in [4.69, 9.17) is 45.8 Å². The van der Waals surface area contributed by atoms with Crippen LogP contribution in [0, 0.1) is 17.5 Å². The predicted octanol–water partition coefficient (Wildman–Crippen LogP) is 14.5. The third kappa shape index (κ3) is 32.9. The van der Waals surface area contributed by atoms with Crippen molar-refractivity contribution >= 4 is 111 Å². The molecule has 0 spiro atoms. The van der Waals surface area contributed by atoms with Gasteiger partial charge in [-0.3, -0.25) is 9.45 Å². The van der Waals surface area contributed by atoms with Gasteiger partial charge in [0.25, 0.3) is 0 Å². The molecule has 0 aromatic heterocycles. The van der Waals surface area contributed by atoms with Crippen molar-refractivity contribution < 1.29 is 136 Å². The SMILES string of the molecule is CC(C)(C)OC(=O)N1CCC[C@H]1C1OCCc2c(Br)ccc(F)c21.CC(C)(C)OC(=O)N1CCC[C@H]1C=O.CC(C)(C)OC(=O)OC(=O)OC(C)(C)C.CC(C)(C)[Si](C)(C)OCCc1cc(F)ccc1Br.Fc1ccc(Br)c2c1C([C@@H]1CCCN1)OCC2.O=S(=O)(O)C(F)(F)F.S.[Na+].[OH-]. The van der Waals surface area contributed by atoms with E-state index >= 15 is 0 Å². The van der Waals surface area contributed by atoms with Crippen LogP contribution in [-0.2, 0) is 71.8 Å². The normalized spacial score (nSPS) is 19.0. The van der Waals surface area contributed by atoms with Crippen LogP contribution in [-0.4, -0.2) is 153 Å². The van der Waals surface area contributed by atoms with Crippen molar-refractivity contribution in [1.29, 1.82) is 0 Å².